The molecule has 3 nitrogen and oxygen atoms in total. The Kier molecular flexibility index (Phi) is 4.98. The average Bonchev–Trinajstić information content (AvgIpc) is 2.25. The van der Waals surface area contributed by atoms with E-state index in [2.05, 4.69) is 9.98 Å². The maximum absolute atomic E-state index is 8.34. The van der Waals surface area contributed by atoms with Crippen molar-refractivity contribution in [1.82, 2.24) is 4.98 Å². The van der Waals surface area contributed by atoms with Gasteiger partial charge in [-0.15, -0.1) is 0 Å². The number of rotatable bonds is 4. The molecule has 0 amide bonds. The Morgan fingerprint density at radius 3 is 2.93 bits per heavy atom. The fourth-order valence-corrected chi connectivity index (χ4v) is 0.851. The van der Waals surface area contributed by atoms with Crippen LogP contribution in [0.1, 0.15) is 5.69 Å². The monoisotopic (exact) mass is 188 g/mol. The number of aliphatic hydroxyl groups excluding tert-OH is 1. The van der Waals surface area contributed by atoms with Crippen LogP contribution in [0, 0.1) is 0 Å². The Labute approximate surface area is 83.2 Å². The smallest absolute Gasteiger partial charge is 0.134 e. The molecule has 0 bridgehead atoms. The number of pyridine rings is 1. The van der Waals surface area contributed by atoms with Gasteiger partial charge in [0, 0.05) is 12.4 Å². The molecule has 0 unspecified atom stereocenters. The van der Waals surface area contributed by atoms with Gasteiger partial charge >= 0.3 is 0 Å². The van der Waals surface area contributed by atoms with Gasteiger partial charge in [0.1, 0.15) is 6.73 Å². The molecule has 0 aliphatic rings. The van der Waals surface area contributed by atoms with Gasteiger partial charge in [-0.2, -0.15) is 0 Å². The standard InChI is InChI=1S/C11H12N2O/c14-10-12-8-4-1-2-6-11-7-3-5-9-13-11/h1-9,14H,10H2/b4-1-,6-2+,12-8?. The summed E-state index contributed by atoms with van der Waals surface area (Å²) in [7, 11) is 0. The molecule has 1 heterocycles. The Balaban J connectivity index is 2.42. The van der Waals surface area contributed by atoms with Gasteiger partial charge in [0.2, 0.25) is 0 Å². The van der Waals surface area contributed by atoms with Gasteiger partial charge in [0.05, 0.1) is 5.69 Å². The summed E-state index contributed by atoms with van der Waals surface area (Å²) >= 11 is 0. The van der Waals surface area contributed by atoms with Crippen molar-refractivity contribution in [1.29, 1.82) is 0 Å². The van der Waals surface area contributed by atoms with Gasteiger partial charge < -0.3 is 5.11 Å². The van der Waals surface area contributed by atoms with Crippen LogP contribution in [0.4, 0.5) is 0 Å². The second-order valence-electron chi connectivity index (χ2n) is 2.47. The quantitative estimate of drug-likeness (QED) is 0.577. The highest BCUT2D eigenvalue weighted by molar-refractivity contribution is 5.71. The van der Waals surface area contributed by atoms with Crippen LogP contribution >= 0.6 is 0 Å². The number of aliphatic imine (C=N–C) groups is 1. The average molecular weight is 188 g/mol. The van der Waals surface area contributed by atoms with Crippen LogP contribution in [0.3, 0.4) is 0 Å². The summed E-state index contributed by atoms with van der Waals surface area (Å²) in [6.45, 7) is -0.172. The lowest BCUT2D eigenvalue weighted by atomic mass is 10.3. The van der Waals surface area contributed by atoms with E-state index < -0.39 is 0 Å². The lowest BCUT2D eigenvalue weighted by Gasteiger charge is -1.87. The predicted octanol–water partition coefficient (Wildman–Crippen LogP) is 1.67. The molecule has 0 saturated heterocycles. The summed E-state index contributed by atoms with van der Waals surface area (Å²) in [5.74, 6) is 0. The molecule has 0 spiro atoms. The lowest BCUT2D eigenvalue weighted by molar-refractivity contribution is 0.310. The Morgan fingerprint density at radius 2 is 2.21 bits per heavy atom. The molecule has 0 saturated carbocycles. The molecule has 14 heavy (non-hydrogen) atoms. The minimum atomic E-state index is -0.172. The summed E-state index contributed by atoms with van der Waals surface area (Å²) in [5, 5.41) is 8.34. The van der Waals surface area contributed by atoms with E-state index in [0.29, 0.717) is 0 Å². The molecule has 0 aromatic carbocycles. The number of aliphatic hydroxyl groups is 1. The molecule has 3 heteroatoms. The third-order valence-electron chi connectivity index (χ3n) is 1.45. The van der Waals surface area contributed by atoms with Crippen molar-refractivity contribution in [2.45, 2.75) is 0 Å². The van der Waals surface area contributed by atoms with Gasteiger partial charge in [-0.25, -0.2) is 0 Å². The first kappa shape index (κ1) is 10.3. The summed E-state index contributed by atoms with van der Waals surface area (Å²) < 4.78 is 0. The van der Waals surface area contributed by atoms with Crippen molar-refractivity contribution < 1.29 is 5.11 Å². The van der Waals surface area contributed by atoms with E-state index in [1.165, 1.54) is 0 Å². The van der Waals surface area contributed by atoms with E-state index in [1.54, 1.807) is 18.5 Å². The molecule has 1 rings (SSSR count). The van der Waals surface area contributed by atoms with Crippen LogP contribution in [0.5, 0.6) is 0 Å². The highest BCUT2D eigenvalue weighted by Gasteiger charge is 1.80. The Bertz CT molecular complexity index is 328. The van der Waals surface area contributed by atoms with Crippen LogP contribution in [0.15, 0.2) is 47.6 Å². The largest absolute Gasteiger partial charge is 0.375 e. The maximum Gasteiger partial charge on any atom is 0.134 e. The first-order valence-electron chi connectivity index (χ1n) is 4.28. The number of hydrogen-bond donors (Lipinski definition) is 1. The second kappa shape index (κ2) is 6.74. The minimum absolute atomic E-state index is 0.172. The third-order valence-corrected chi connectivity index (χ3v) is 1.45. The van der Waals surface area contributed by atoms with Crippen molar-refractivity contribution in [3.8, 4) is 0 Å². The molecule has 0 radical (unpaired) electrons. The van der Waals surface area contributed by atoms with Crippen LogP contribution in [0.2, 0.25) is 0 Å². The number of hydrogen-bond acceptors (Lipinski definition) is 3. The molecule has 0 aliphatic carbocycles. The van der Waals surface area contributed by atoms with Crippen molar-refractivity contribution in [2.75, 3.05) is 6.73 Å². The van der Waals surface area contributed by atoms with Crippen molar-refractivity contribution in [2.24, 2.45) is 4.99 Å². The molecular formula is C11H12N2O. The van der Waals surface area contributed by atoms with Crippen molar-refractivity contribution in [3.63, 3.8) is 0 Å². The third kappa shape index (κ3) is 4.33. The normalized spacial score (nSPS) is 12.1. The van der Waals surface area contributed by atoms with Crippen LogP contribution < -0.4 is 0 Å². The van der Waals surface area contributed by atoms with Crippen LogP contribution in [-0.4, -0.2) is 23.0 Å². The van der Waals surface area contributed by atoms with Gasteiger partial charge in [-0.1, -0.05) is 18.2 Å². The van der Waals surface area contributed by atoms with E-state index in [9.17, 15) is 0 Å². The van der Waals surface area contributed by atoms with E-state index in [1.807, 2.05) is 36.4 Å². The van der Waals surface area contributed by atoms with Gasteiger partial charge in [0.25, 0.3) is 0 Å². The minimum Gasteiger partial charge on any atom is -0.375 e. The van der Waals surface area contributed by atoms with Crippen molar-refractivity contribution >= 4 is 12.3 Å². The predicted molar refractivity (Wildman–Crippen MR) is 58.0 cm³/mol. The van der Waals surface area contributed by atoms with Gasteiger partial charge in [0.15, 0.2) is 0 Å². The molecular weight excluding hydrogens is 176 g/mol. The van der Waals surface area contributed by atoms with Gasteiger partial charge in [-0.3, -0.25) is 9.98 Å². The van der Waals surface area contributed by atoms with E-state index in [-0.39, 0.29) is 6.73 Å². The highest BCUT2D eigenvalue weighted by Crippen LogP contribution is 1.95. The summed E-state index contributed by atoms with van der Waals surface area (Å²) in [4.78, 5) is 7.73. The molecule has 0 aliphatic heterocycles. The van der Waals surface area contributed by atoms with Gasteiger partial charge in [-0.05, 0) is 24.3 Å². The second-order valence-corrected chi connectivity index (χ2v) is 2.47. The molecule has 1 aromatic heterocycles. The zero-order chi connectivity index (χ0) is 10.1. The molecule has 0 fully saturated rings. The van der Waals surface area contributed by atoms with E-state index in [4.69, 9.17) is 5.11 Å². The summed E-state index contributed by atoms with van der Waals surface area (Å²) in [5.41, 5.74) is 0.913. The number of aromatic nitrogens is 1. The molecule has 72 valence electrons. The number of allylic oxidation sites excluding steroid dienone is 3. The molecule has 1 aromatic rings. The summed E-state index contributed by atoms with van der Waals surface area (Å²) in [6.07, 6.45) is 10.6. The Hall–Kier alpha value is -1.74. The fourth-order valence-electron chi connectivity index (χ4n) is 0.851. The Morgan fingerprint density at radius 1 is 1.29 bits per heavy atom. The molecule has 1 N–H and O–H groups in total. The first-order valence-corrected chi connectivity index (χ1v) is 4.28. The first-order chi connectivity index (χ1) is 6.93. The highest BCUT2D eigenvalue weighted by atomic mass is 16.3. The lowest BCUT2D eigenvalue weighted by Crippen LogP contribution is -1.75. The van der Waals surface area contributed by atoms with Crippen LogP contribution in [0.25, 0.3) is 6.08 Å². The van der Waals surface area contributed by atoms with Crippen LogP contribution in [-0.2, 0) is 0 Å². The summed E-state index contributed by atoms with van der Waals surface area (Å²) in [6, 6.07) is 5.73. The van der Waals surface area contributed by atoms with Crippen molar-refractivity contribution in [3.05, 3.63) is 48.3 Å². The fraction of sp³-hybridized carbons (Fsp3) is 0.0909. The SMILES string of the molecule is OCN=C/C=C\C=C\c1ccccn1. The topological polar surface area (TPSA) is 45.5 Å². The molecule has 0 atom stereocenters. The zero-order valence-electron chi connectivity index (χ0n) is 7.74. The number of nitrogens with zero attached hydrogens (tertiary/aromatic N) is 2. The van der Waals surface area contributed by atoms with E-state index >= 15 is 0 Å². The van der Waals surface area contributed by atoms with E-state index in [0.717, 1.165) is 5.69 Å². The maximum atomic E-state index is 8.34. The zero-order valence-corrected chi connectivity index (χ0v) is 7.74.